The molecule has 0 amide bonds. The lowest BCUT2D eigenvalue weighted by Gasteiger charge is -2.20. The van der Waals surface area contributed by atoms with Crippen LogP contribution in [-0.2, 0) is 0 Å². The van der Waals surface area contributed by atoms with Crippen LogP contribution in [0.5, 0.6) is 0 Å². The van der Waals surface area contributed by atoms with Gasteiger partial charge in [0.05, 0.1) is 22.2 Å². The predicted octanol–water partition coefficient (Wildman–Crippen LogP) is 12.4. The maximum atomic E-state index is 5.51. The summed E-state index contributed by atoms with van der Waals surface area (Å²) in [7, 11) is 0. The quantitative estimate of drug-likeness (QED) is 0.178. The van der Waals surface area contributed by atoms with Crippen molar-refractivity contribution in [3.8, 4) is 39.3 Å². The predicted molar refractivity (Wildman–Crippen MR) is 211 cm³/mol. The smallest absolute Gasteiger partial charge is 0.147 e. The number of thiophene rings is 1. The second kappa shape index (κ2) is 12.0. The molecule has 1 unspecified atom stereocenters. The van der Waals surface area contributed by atoms with Gasteiger partial charge in [0, 0.05) is 54.9 Å². The van der Waals surface area contributed by atoms with Gasteiger partial charge in [0.25, 0.3) is 0 Å². The summed E-state index contributed by atoms with van der Waals surface area (Å²) in [6.07, 6.45) is 0. The Morgan fingerprint density at radius 2 is 1.24 bits per heavy atom. The molecule has 0 saturated heterocycles. The van der Waals surface area contributed by atoms with Crippen molar-refractivity contribution in [3.05, 3.63) is 145 Å². The highest BCUT2D eigenvalue weighted by atomic mass is 32.1. The highest BCUT2D eigenvalue weighted by Gasteiger charge is 2.25. The average Bonchev–Trinajstić information content (AvgIpc) is 3.73. The molecule has 0 aliphatic carbocycles. The summed E-state index contributed by atoms with van der Waals surface area (Å²) < 4.78 is 3.58. The topological polar surface area (TPSA) is 43.6 Å². The first-order valence-corrected chi connectivity index (χ1v) is 18.1. The van der Waals surface area contributed by atoms with Crippen LogP contribution in [0, 0.1) is 12.8 Å². The van der Waals surface area contributed by atoms with Gasteiger partial charge in [0.15, 0.2) is 0 Å². The summed E-state index contributed by atoms with van der Waals surface area (Å²) in [5.41, 5.74) is 11.7. The van der Waals surface area contributed by atoms with Gasteiger partial charge in [-0.1, -0.05) is 124 Å². The lowest BCUT2D eigenvalue weighted by molar-refractivity contribution is 0.525. The highest BCUT2D eigenvalue weighted by Crippen LogP contribution is 2.45. The monoisotopic (exact) mass is 664 g/mol. The first kappa shape index (κ1) is 30.4. The zero-order chi connectivity index (χ0) is 33.9. The van der Waals surface area contributed by atoms with Gasteiger partial charge in [-0.25, -0.2) is 9.97 Å². The van der Waals surface area contributed by atoms with E-state index in [-0.39, 0.29) is 0 Å². The Balaban J connectivity index is 1.43. The van der Waals surface area contributed by atoms with Gasteiger partial charge in [-0.3, -0.25) is 9.55 Å². The van der Waals surface area contributed by atoms with Crippen molar-refractivity contribution in [3.63, 3.8) is 0 Å². The molecular formula is C45H36N4S. The molecule has 0 saturated carbocycles. The number of aryl methyl sites for hydroxylation is 1. The number of hydrogen-bond acceptors (Lipinski definition) is 4. The molecule has 0 N–H and O–H groups in total. The normalized spacial score (nSPS) is 12.5. The number of para-hydroxylation sites is 1. The minimum absolute atomic E-state index is 0.378. The molecule has 0 aliphatic heterocycles. The molecule has 0 aliphatic rings. The molecule has 9 aromatic rings. The number of rotatable bonds is 6. The molecule has 0 spiro atoms. The molecule has 0 radical (unpaired) electrons. The second-order valence-electron chi connectivity index (χ2n) is 13.6. The lowest BCUT2D eigenvalue weighted by atomic mass is 9.94. The molecule has 0 bridgehead atoms. The van der Waals surface area contributed by atoms with Crippen molar-refractivity contribution < 1.29 is 0 Å². The summed E-state index contributed by atoms with van der Waals surface area (Å²) in [5, 5.41) is 3.48. The van der Waals surface area contributed by atoms with Gasteiger partial charge in [-0.15, -0.1) is 11.3 Å². The largest absolute Gasteiger partial charge is 0.289 e. The third kappa shape index (κ3) is 4.92. The van der Waals surface area contributed by atoms with Gasteiger partial charge in [0.2, 0.25) is 0 Å². The van der Waals surface area contributed by atoms with E-state index in [1.54, 1.807) is 11.3 Å². The minimum Gasteiger partial charge on any atom is -0.289 e. The number of imidazole rings is 1. The van der Waals surface area contributed by atoms with Crippen molar-refractivity contribution >= 4 is 53.6 Å². The summed E-state index contributed by atoms with van der Waals surface area (Å²) >= 11 is 1.77. The Labute approximate surface area is 295 Å². The molecule has 9 rings (SSSR count). The van der Waals surface area contributed by atoms with E-state index in [1.165, 1.54) is 15.5 Å². The third-order valence-electron chi connectivity index (χ3n) is 10.1. The Hall–Kier alpha value is -5.65. The molecular weight excluding hydrogens is 629 g/mol. The number of fused-ring (bicyclic) bond motifs is 6. The summed E-state index contributed by atoms with van der Waals surface area (Å²) in [6.45, 7) is 8.86. The zero-order valence-electron chi connectivity index (χ0n) is 28.6. The molecule has 50 heavy (non-hydrogen) atoms. The first-order chi connectivity index (χ1) is 24.5. The molecule has 5 aromatic carbocycles. The van der Waals surface area contributed by atoms with E-state index in [0.29, 0.717) is 11.8 Å². The number of benzene rings is 5. The maximum Gasteiger partial charge on any atom is 0.147 e. The fourth-order valence-electron chi connectivity index (χ4n) is 7.19. The standard InChI is InChI=1S/C45H36N4S/c1-27(2)29(4)38-26-24-36-35-19-12-20-37(43(35)50-45(36)48-38)44-47-39-25-23-32-22-21-28(3)46-40(32)42(39)49(44)41-33(30-13-7-5-8-14-30)17-11-18-34(41)31-15-9-6-10-16-31/h5-27,29H,1-4H3. The van der Waals surface area contributed by atoms with Crippen LogP contribution >= 0.6 is 11.3 Å². The Morgan fingerprint density at radius 3 is 1.94 bits per heavy atom. The fraction of sp³-hybridized carbons (Fsp3) is 0.133. The molecule has 0 fully saturated rings. The van der Waals surface area contributed by atoms with E-state index in [2.05, 4.69) is 166 Å². The van der Waals surface area contributed by atoms with Gasteiger partial charge in [-0.2, -0.15) is 0 Å². The number of aromatic nitrogens is 4. The SMILES string of the molecule is Cc1ccc2ccc3nc(-c4cccc5c4sc4nc(C(C)C(C)C)ccc45)n(-c4c(-c5ccccc5)cccc4-c4ccccc4)c3c2n1. The first-order valence-electron chi connectivity index (χ1n) is 17.3. The Kier molecular flexibility index (Phi) is 7.32. The second-order valence-corrected chi connectivity index (χ2v) is 14.6. The number of pyridine rings is 2. The van der Waals surface area contributed by atoms with Crippen LogP contribution in [0.15, 0.2) is 133 Å². The number of hydrogen-bond donors (Lipinski definition) is 0. The number of nitrogens with zero attached hydrogens (tertiary/aromatic N) is 4. The zero-order valence-corrected chi connectivity index (χ0v) is 29.4. The summed E-state index contributed by atoms with van der Waals surface area (Å²) in [5.74, 6) is 1.79. The van der Waals surface area contributed by atoms with Crippen molar-refractivity contribution in [1.82, 2.24) is 19.5 Å². The Bertz CT molecular complexity index is 2650. The molecule has 4 heterocycles. The molecule has 4 nitrogen and oxygen atoms in total. The summed E-state index contributed by atoms with van der Waals surface area (Å²) in [6, 6.07) is 47.7. The van der Waals surface area contributed by atoms with Crippen LogP contribution in [0.1, 0.15) is 38.1 Å². The van der Waals surface area contributed by atoms with Gasteiger partial charge >= 0.3 is 0 Å². The molecule has 1 atom stereocenters. The Morgan fingerprint density at radius 1 is 0.580 bits per heavy atom. The van der Waals surface area contributed by atoms with Gasteiger partial charge in [0.1, 0.15) is 10.7 Å². The van der Waals surface area contributed by atoms with Crippen molar-refractivity contribution in [2.24, 2.45) is 5.92 Å². The van der Waals surface area contributed by atoms with Crippen molar-refractivity contribution in [2.45, 2.75) is 33.6 Å². The van der Waals surface area contributed by atoms with Crippen molar-refractivity contribution in [2.75, 3.05) is 0 Å². The van der Waals surface area contributed by atoms with E-state index in [9.17, 15) is 0 Å². The van der Waals surface area contributed by atoms with Crippen LogP contribution < -0.4 is 0 Å². The van der Waals surface area contributed by atoms with Gasteiger partial charge in [-0.05, 0) is 54.3 Å². The minimum atomic E-state index is 0.378. The van der Waals surface area contributed by atoms with Crippen LogP contribution in [0.3, 0.4) is 0 Å². The van der Waals surface area contributed by atoms with E-state index < -0.39 is 0 Å². The van der Waals surface area contributed by atoms with E-state index in [4.69, 9.17) is 15.0 Å². The third-order valence-corrected chi connectivity index (χ3v) is 11.3. The van der Waals surface area contributed by atoms with Crippen molar-refractivity contribution in [1.29, 1.82) is 0 Å². The average molecular weight is 665 g/mol. The van der Waals surface area contributed by atoms with E-state index in [1.807, 2.05) is 0 Å². The van der Waals surface area contributed by atoms with Crippen LogP contribution in [0.4, 0.5) is 0 Å². The maximum absolute atomic E-state index is 5.51. The fourth-order valence-corrected chi connectivity index (χ4v) is 8.38. The summed E-state index contributed by atoms with van der Waals surface area (Å²) in [4.78, 5) is 17.0. The van der Waals surface area contributed by atoms with Gasteiger partial charge < -0.3 is 0 Å². The molecule has 4 aromatic heterocycles. The highest BCUT2D eigenvalue weighted by molar-refractivity contribution is 7.26. The van der Waals surface area contributed by atoms with Crippen LogP contribution in [-0.4, -0.2) is 19.5 Å². The van der Waals surface area contributed by atoms with Crippen LogP contribution in [0.25, 0.3) is 81.6 Å². The molecule has 5 heteroatoms. The lowest BCUT2D eigenvalue weighted by Crippen LogP contribution is -2.04. The van der Waals surface area contributed by atoms with E-state index in [0.717, 1.165) is 77.5 Å². The van der Waals surface area contributed by atoms with E-state index >= 15 is 0 Å². The molecule has 242 valence electrons. The van der Waals surface area contributed by atoms with Crippen LogP contribution in [0.2, 0.25) is 0 Å².